The molecule has 0 aliphatic heterocycles. The van der Waals surface area contributed by atoms with E-state index in [9.17, 15) is 4.79 Å². The van der Waals surface area contributed by atoms with Gasteiger partial charge in [-0.25, -0.2) is 0 Å². The summed E-state index contributed by atoms with van der Waals surface area (Å²) < 4.78 is 0.0606. The second kappa shape index (κ2) is 6.14. The summed E-state index contributed by atoms with van der Waals surface area (Å²) in [5.74, 6) is -0.131. The molecule has 1 rings (SSSR count). The van der Waals surface area contributed by atoms with Crippen LogP contribution in [0.15, 0.2) is 24.3 Å². The van der Waals surface area contributed by atoms with Crippen LogP contribution in [0.1, 0.15) is 32.3 Å². The van der Waals surface area contributed by atoms with E-state index < -0.39 is 0 Å². The Morgan fingerprint density at radius 3 is 2.72 bits per heavy atom. The second-order valence-corrected chi connectivity index (χ2v) is 6.59. The van der Waals surface area contributed by atoms with Gasteiger partial charge in [-0.15, -0.1) is 0 Å². The Bertz CT molecular complexity index is 418. The van der Waals surface area contributed by atoms with Crippen molar-refractivity contribution in [3.05, 3.63) is 29.8 Å². The monoisotopic (exact) mass is 266 g/mol. The van der Waals surface area contributed by atoms with Gasteiger partial charge in [-0.2, -0.15) is 11.8 Å². The molecule has 3 nitrogen and oxygen atoms in total. The Kier molecular flexibility index (Phi) is 5.08. The van der Waals surface area contributed by atoms with E-state index >= 15 is 0 Å². The maximum absolute atomic E-state index is 12.1. The highest BCUT2D eigenvalue weighted by molar-refractivity contribution is 7.99. The van der Waals surface area contributed by atoms with Crippen LogP contribution in [-0.2, 0) is 4.79 Å². The predicted molar refractivity (Wildman–Crippen MR) is 79.9 cm³/mol. The summed E-state index contributed by atoms with van der Waals surface area (Å²) in [6.45, 7) is 6.79. The third-order valence-electron chi connectivity index (χ3n) is 3.04. The summed E-state index contributed by atoms with van der Waals surface area (Å²) in [6, 6.07) is 7.48. The summed E-state index contributed by atoms with van der Waals surface area (Å²) in [5.41, 5.74) is 7.37. The molecule has 1 aromatic carbocycles. The van der Waals surface area contributed by atoms with Crippen molar-refractivity contribution in [2.45, 2.75) is 31.4 Å². The Morgan fingerprint density at radius 1 is 1.50 bits per heavy atom. The molecule has 0 spiro atoms. The number of thioether (sulfide) groups is 1. The van der Waals surface area contributed by atoms with Crippen molar-refractivity contribution >= 4 is 23.4 Å². The number of rotatable bonds is 5. The van der Waals surface area contributed by atoms with Crippen LogP contribution in [0.4, 0.5) is 5.69 Å². The van der Waals surface area contributed by atoms with E-state index in [1.165, 1.54) is 0 Å². The van der Waals surface area contributed by atoms with Crippen LogP contribution in [0, 0.1) is 0 Å². The highest BCUT2D eigenvalue weighted by Crippen LogP contribution is 2.21. The van der Waals surface area contributed by atoms with Gasteiger partial charge in [0.1, 0.15) is 0 Å². The average molecular weight is 266 g/mol. The lowest BCUT2D eigenvalue weighted by Gasteiger charge is -2.23. The highest BCUT2D eigenvalue weighted by Gasteiger charge is 2.20. The molecule has 3 N–H and O–H groups in total. The van der Waals surface area contributed by atoms with Crippen molar-refractivity contribution < 1.29 is 4.79 Å². The molecule has 0 saturated heterocycles. The molecule has 1 atom stereocenters. The van der Waals surface area contributed by atoms with E-state index in [1.54, 1.807) is 11.8 Å². The van der Waals surface area contributed by atoms with Crippen LogP contribution < -0.4 is 11.1 Å². The van der Waals surface area contributed by atoms with Gasteiger partial charge in [-0.05, 0) is 44.7 Å². The van der Waals surface area contributed by atoms with Crippen molar-refractivity contribution in [2.75, 3.05) is 18.5 Å². The lowest BCUT2D eigenvalue weighted by molar-refractivity contribution is -0.122. The fourth-order valence-corrected chi connectivity index (χ4v) is 1.72. The molecule has 0 aromatic heterocycles. The molecular weight excluding hydrogens is 244 g/mol. The topological polar surface area (TPSA) is 55.1 Å². The molecule has 1 aromatic rings. The summed E-state index contributed by atoms with van der Waals surface area (Å²) in [6.07, 6.45) is 2.05. The minimum absolute atomic E-state index is 0.0442. The van der Waals surface area contributed by atoms with Crippen LogP contribution >= 0.6 is 11.8 Å². The Hall–Kier alpha value is -1.16. The zero-order valence-corrected chi connectivity index (χ0v) is 12.3. The van der Waals surface area contributed by atoms with Crippen LogP contribution in [-0.4, -0.2) is 23.5 Å². The maximum atomic E-state index is 12.1. The van der Waals surface area contributed by atoms with Crippen molar-refractivity contribution in [1.82, 2.24) is 5.32 Å². The van der Waals surface area contributed by atoms with Crippen LogP contribution in [0.5, 0.6) is 0 Å². The highest BCUT2D eigenvalue weighted by atomic mass is 32.2. The van der Waals surface area contributed by atoms with E-state index in [1.807, 2.05) is 37.4 Å². The third kappa shape index (κ3) is 4.26. The Labute approximate surface area is 114 Å². The Balaban J connectivity index is 2.62. The first kappa shape index (κ1) is 14.9. The van der Waals surface area contributed by atoms with Gasteiger partial charge in [0.2, 0.25) is 5.91 Å². The molecular formula is C14H22N2OS. The minimum atomic E-state index is -0.175. The minimum Gasteiger partial charge on any atom is -0.399 e. The molecule has 4 heteroatoms. The number of hydrogen-bond acceptors (Lipinski definition) is 3. The molecule has 0 aliphatic rings. The number of benzene rings is 1. The lowest BCUT2D eigenvalue weighted by Crippen LogP contribution is -2.38. The normalized spacial score (nSPS) is 13.1. The number of carbonyl (C=O) groups excluding carboxylic acids is 1. The van der Waals surface area contributed by atoms with Gasteiger partial charge in [0.05, 0.1) is 5.92 Å². The largest absolute Gasteiger partial charge is 0.399 e. The SMILES string of the molecule is CSC(C)(C)CNC(=O)C(C)c1cccc(N)c1. The molecule has 0 radical (unpaired) electrons. The quantitative estimate of drug-likeness (QED) is 0.806. The summed E-state index contributed by atoms with van der Waals surface area (Å²) in [7, 11) is 0. The van der Waals surface area contributed by atoms with Crippen molar-refractivity contribution in [2.24, 2.45) is 0 Å². The molecule has 0 fully saturated rings. The number of amides is 1. The van der Waals surface area contributed by atoms with E-state index in [0.29, 0.717) is 12.2 Å². The van der Waals surface area contributed by atoms with Gasteiger partial charge in [0, 0.05) is 17.0 Å². The van der Waals surface area contributed by atoms with Gasteiger partial charge < -0.3 is 11.1 Å². The first-order valence-electron chi connectivity index (χ1n) is 6.04. The maximum Gasteiger partial charge on any atom is 0.227 e. The van der Waals surface area contributed by atoms with Gasteiger partial charge in [-0.1, -0.05) is 12.1 Å². The van der Waals surface area contributed by atoms with Crippen LogP contribution in [0.2, 0.25) is 0 Å². The predicted octanol–water partition coefficient (Wildman–Crippen LogP) is 2.63. The van der Waals surface area contributed by atoms with E-state index in [2.05, 4.69) is 19.2 Å². The lowest BCUT2D eigenvalue weighted by atomic mass is 9.99. The molecule has 0 aliphatic carbocycles. The summed E-state index contributed by atoms with van der Waals surface area (Å²) >= 11 is 1.74. The fraction of sp³-hybridized carbons (Fsp3) is 0.500. The Morgan fingerprint density at radius 2 is 2.17 bits per heavy atom. The average Bonchev–Trinajstić information content (AvgIpc) is 2.35. The van der Waals surface area contributed by atoms with Gasteiger partial charge >= 0.3 is 0 Å². The second-order valence-electron chi connectivity index (χ2n) is 5.07. The zero-order valence-electron chi connectivity index (χ0n) is 11.5. The van der Waals surface area contributed by atoms with Crippen molar-refractivity contribution in [1.29, 1.82) is 0 Å². The molecule has 0 saturated carbocycles. The molecule has 0 bridgehead atoms. The molecule has 18 heavy (non-hydrogen) atoms. The number of carbonyl (C=O) groups is 1. The van der Waals surface area contributed by atoms with Gasteiger partial charge in [0.15, 0.2) is 0 Å². The van der Waals surface area contributed by atoms with Crippen molar-refractivity contribution in [3.63, 3.8) is 0 Å². The smallest absolute Gasteiger partial charge is 0.227 e. The number of hydrogen-bond donors (Lipinski definition) is 2. The first-order chi connectivity index (χ1) is 8.35. The van der Waals surface area contributed by atoms with Crippen LogP contribution in [0.25, 0.3) is 0 Å². The summed E-state index contributed by atoms with van der Waals surface area (Å²) in [5, 5.41) is 2.99. The number of anilines is 1. The van der Waals surface area contributed by atoms with Gasteiger partial charge in [-0.3, -0.25) is 4.79 Å². The molecule has 100 valence electrons. The van der Waals surface area contributed by atoms with E-state index in [0.717, 1.165) is 5.56 Å². The fourth-order valence-electron chi connectivity index (χ4n) is 1.50. The molecule has 1 amide bonds. The van der Waals surface area contributed by atoms with Gasteiger partial charge in [0.25, 0.3) is 0 Å². The number of nitrogen functional groups attached to an aromatic ring is 1. The standard InChI is InChI=1S/C14H22N2OS/c1-10(11-6-5-7-12(15)8-11)13(17)16-9-14(2,3)18-4/h5-8,10H,9,15H2,1-4H3,(H,16,17). The van der Waals surface area contributed by atoms with Crippen molar-refractivity contribution in [3.8, 4) is 0 Å². The molecule has 0 heterocycles. The third-order valence-corrected chi connectivity index (χ3v) is 4.29. The summed E-state index contributed by atoms with van der Waals surface area (Å²) in [4.78, 5) is 12.1. The zero-order chi connectivity index (χ0) is 13.8. The van der Waals surface area contributed by atoms with E-state index in [4.69, 9.17) is 5.73 Å². The number of nitrogens with one attached hydrogen (secondary N) is 1. The first-order valence-corrected chi connectivity index (χ1v) is 7.26. The number of nitrogens with two attached hydrogens (primary N) is 1. The van der Waals surface area contributed by atoms with E-state index in [-0.39, 0.29) is 16.6 Å². The molecule has 1 unspecified atom stereocenters. The van der Waals surface area contributed by atoms with Crippen LogP contribution in [0.3, 0.4) is 0 Å².